The topological polar surface area (TPSA) is 95.0 Å². The molecule has 3 heterocycles. The Balaban J connectivity index is 1.88. The van der Waals surface area contributed by atoms with E-state index in [1.54, 1.807) is 19.3 Å². The molecule has 1 fully saturated rings. The number of likely N-dealkylation sites (N-methyl/N-ethyl adjacent to an activating group) is 1. The molecule has 1 aromatic rings. The second-order valence-corrected chi connectivity index (χ2v) is 8.12. The third-order valence-electron chi connectivity index (χ3n) is 5.71. The van der Waals surface area contributed by atoms with Crippen LogP contribution in [-0.4, -0.2) is 65.0 Å². The number of amides is 1. The van der Waals surface area contributed by atoms with Crippen molar-refractivity contribution < 1.29 is 19.2 Å². The van der Waals surface area contributed by atoms with Crippen molar-refractivity contribution in [2.45, 2.75) is 39.5 Å². The molecule has 0 spiro atoms. The molecule has 1 saturated heterocycles. The van der Waals surface area contributed by atoms with E-state index in [1.807, 2.05) is 19.1 Å². The molecule has 5 atom stereocenters. The summed E-state index contributed by atoms with van der Waals surface area (Å²) < 4.78 is 5.20. The second-order valence-electron chi connectivity index (χ2n) is 7.42. The van der Waals surface area contributed by atoms with Crippen LogP contribution in [0.4, 0.5) is 0 Å². The first-order valence-electron chi connectivity index (χ1n) is 9.67. The summed E-state index contributed by atoms with van der Waals surface area (Å²) in [5, 5.41) is 10.1. The molecule has 154 valence electrons. The van der Waals surface area contributed by atoms with Gasteiger partial charge in [0.2, 0.25) is 5.91 Å². The zero-order chi connectivity index (χ0) is 21.1. The minimum absolute atomic E-state index is 0.0597. The Kier molecular flexibility index (Phi) is 7.06. The highest BCUT2D eigenvalue weighted by atomic mass is 31.1. The second kappa shape index (κ2) is 9.35. The van der Waals surface area contributed by atoms with Gasteiger partial charge in [-0.05, 0) is 36.7 Å². The van der Waals surface area contributed by atoms with Crippen molar-refractivity contribution in [1.82, 2.24) is 19.8 Å². The van der Waals surface area contributed by atoms with Crippen LogP contribution in [0.2, 0.25) is 0 Å². The molecule has 2 aliphatic rings. The van der Waals surface area contributed by atoms with E-state index in [4.69, 9.17) is 12.5 Å². The van der Waals surface area contributed by atoms with Crippen molar-refractivity contribution in [3.63, 3.8) is 0 Å². The normalized spacial score (nSPS) is 24.9. The molecule has 1 amide bonds. The highest BCUT2D eigenvalue weighted by Gasteiger charge is 2.60. The molecule has 3 rings (SSSR count). The average Bonchev–Trinajstić information content (AvgIpc) is 2.94. The van der Waals surface area contributed by atoms with Gasteiger partial charge >= 0.3 is 5.97 Å². The highest BCUT2D eigenvalue weighted by Crippen LogP contribution is 2.47. The fourth-order valence-corrected chi connectivity index (χ4v) is 4.48. The van der Waals surface area contributed by atoms with Crippen molar-refractivity contribution in [3.05, 3.63) is 41.4 Å². The number of aliphatic hydroxyl groups excluding tert-OH is 1. The number of β-lactam (4-membered cyclic amide) rings is 1. The van der Waals surface area contributed by atoms with Gasteiger partial charge in [-0.3, -0.25) is 14.7 Å². The van der Waals surface area contributed by atoms with E-state index < -0.39 is 26.9 Å². The number of aromatic nitrogens is 1. The summed E-state index contributed by atoms with van der Waals surface area (Å²) >= 11 is 0. The Morgan fingerprint density at radius 1 is 1.45 bits per heavy atom. The van der Waals surface area contributed by atoms with Crippen LogP contribution in [0.25, 0.3) is 0 Å². The number of nitrogens with one attached hydrogen (secondary N) is 1. The molecule has 8 nitrogen and oxygen atoms in total. The van der Waals surface area contributed by atoms with Gasteiger partial charge in [0.15, 0.2) is 7.98 Å². The zero-order valence-electron chi connectivity index (χ0n) is 16.8. The minimum Gasteiger partial charge on any atom is -0.428 e. The Labute approximate surface area is 174 Å². The molecule has 0 bridgehead atoms. The predicted octanol–water partition coefficient (Wildman–Crippen LogP) is 0.740. The number of carbonyl (C=O) groups excluding carboxylic acids is 2. The Morgan fingerprint density at radius 3 is 2.72 bits per heavy atom. The van der Waals surface area contributed by atoms with Gasteiger partial charge in [-0.25, -0.2) is 4.79 Å². The number of rotatable bonds is 9. The van der Waals surface area contributed by atoms with E-state index in [-0.39, 0.29) is 17.9 Å². The van der Waals surface area contributed by atoms with Gasteiger partial charge in [-0.15, -0.1) is 0 Å². The van der Waals surface area contributed by atoms with Crippen molar-refractivity contribution >= 4 is 28.8 Å². The molecule has 1 aromatic heterocycles. The first-order valence-corrected chi connectivity index (χ1v) is 10.6. The largest absolute Gasteiger partial charge is 0.428 e. The number of aliphatic hydroxyl groups is 1. The zero-order valence-corrected chi connectivity index (χ0v) is 17.8. The van der Waals surface area contributed by atoms with Crippen LogP contribution >= 0.6 is 8.96 Å². The van der Waals surface area contributed by atoms with Gasteiger partial charge in [-0.1, -0.05) is 13.8 Å². The van der Waals surface area contributed by atoms with Crippen LogP contribution in [0.3, 0.4) is 0 Å². The van der Waals surface area contributed by atoms with Gasteiger partial charge < -0.3 is 19.5 Å². The summed E-state index contributed by atoms with van der Waals surface area (Å²) in [4.78, 5) is 35.5. The maximum absolute atomic E-state index is 12.7. The van der Waals surface area contributed by atoms with E-state index in [9.17, 15) is 14.7 Å². The van der Waals surface area contributed by atoms with Crippen LogP contribution in [0.1, 0.15) is 26.3 Å². The van der Waals surface area contributed by atoms with Crippen LogP contribution in [0.15, 0.2) is 35.8 Å². The minimum atomic E-state index is -0.769. The molecular weight excluding hydrogens is 390 g/mol. The van der Waals surface area contributed by atoms with Gasteiger partial charge in [-0.2, -0.15) is 0 Å². The molecule has 2 radical (unpaired) electrons. The number of carbonyl (C=O) groups is 2. The van der Waals surface area contributed by atoms with Crippen LogP contribution in [-0.2, 0) is 20.7 Å². The predicted molar refractivity (Wildman–Crippen MR) is 110 cm³/mol. The number of hydrogen-bond acceptors (Lipinski definition) is 7. The van der Waals surface area contributed by atoms with Gasteiger partial charge in [0, 0.05) is 31.4 Å². The molecule has 10 heteroatoms. The molecule has 0 aromatic carbocycles. The molecule has 0 saturated carbocycles. The molecule has 1 unspecified atom stereocenters. The molecular formula is C19H26BN4O4P. The summed E-state index contributed by atoms with van der Waals surface area (Å²) in [5.74, 6) is -1.37. The SMILES string of the molecule is [B]NPOC(=O)C1=C(CN(CC)Cc2ccncc2)[C@H](C)[C@@H]2[C@@H]([C@@H](C)O)C(=O)N12. The molecule has 2 N–H and O–H groups in total. The summed E-state index contributed by atoms with van der Waals surface area (Å²) in [6.45, 7) is 7.66. The lowest BCUT2D eigenvalue weighted by atomic mass is 9.77. The van der Waals surface area contributed by atoms with E-state index in [0.717, 1.165) is 17.7 Å². The maximum atomic E-state index is 12.7. The number of nitrogens with zero attached hydrogens (tertiary/aromatic N) is 3. The number of hydrogen-bond donors (Lipinski definition) is 2. The smallest absolute Gasteiger partial charge is 0.358 e. The van der Waals surface area contributed by atoms with Crippen molar-refractivity contribution in [2.75, 3.05) is 13.1 Å². The monoisotopic (exact) mass is 416 g/mol. The summed E-state index contributed by atoms with van der Waals surface area (Å²) in [6.07, 6.45) is 2.74. The lowest BCUT2D eigenvalue weighted by Crippen LogP contribution is -2.63. The van der Waals surface area contributed by atoms with Crippen molar-refractivity contribution in [2.24, 2.45) is 11.8 Å². The molecule has 29 heavy (non-hydrogen) atoms. The first-order chi connectivity index (χ1) is 13.9. The lowest BCUT2D eigenvalue weighted by Gasteiger charge is -2.46. The van der Waals surface area contributed by atoms with Gasteiger partial charge in [0.05, 0.1) is 18.1 Å². The Morgan fingerprint density at radius 2 is 2.14 bits per heavy atom. The van der Waals surface area contributed by atoms with Gasteiger partial charge in [0.1, 0.15) is 14.7 Å². The summed E-state index contributed by atoms with van der Waals surface area (Å²) in [7, 11) is 4.83. The van der Waals surface area contributed by atoms with E-state index >= 15 is 0 Å². The van der Waals surface area contributed by atoms with E-state index in [0.29, 0.717) is 18.8 Å². The van der Waals surface area contributed by atoms with Crippen molar-refractivity contribution in [3.8, 4) is 0 Å². The quantitative estimate of drug-likeness (QED) is 0.348. The Hall–Kier alpha value is -1.80. The van der Waals surface area contributed by atoms with Gasteiger partial charge in [0.25, 0.3) is 0 Å². The maximum Gasteiger partial charge on any atom is 0.358 e. The highest BCUT2D eigenvalue weighted by molar-refractivity contribution is 7.32. The number of pyridine rings is 1. The first kappa shape index (κ1) is 21.9. The fraction of sp³-hybridized carbons (Fsp3) is 0.526. The van der Waals surface area contributed by atoms with E-state index in [2.05, 4.69) is 21.8 Å². The van der Waals surface area contributed by atoms with Crippen LogP contribution in [0, 0.1) is 11.8 Å². The van der Waals surface area contributed by atoms with Crippen LogP contribution < -0.4 is 5.00 Å². The third kappa shape index (κ3) is 4.24. The number of fused-ring (bicyclic) bond motifs is 1. The third-order valence-corrected chi connectivity index (χ3v) is 6.11. The summed E-state index contributed by atoms with van der Waals surface area (Å²) in [5.41, 5.74) is 2.27. The summed E-state index contributed by atoms with van der Waals surface area (Å²) in [6, 6.07) is 3.69. The Bertz CT molecular complexity index is 792. The lowest BCUT2D eigenvalue weighted by molar-refractivity contribution is -0.162. The molecule has 0 aliphatic carbocycles. The standard InChI is InChI=1S/C19H26BN4O4P/c1-4-23(9-13-5-7-21-8-6-13)10-14-11(2)16-15(12(3)25)18(26)24(16)17(14)19(27)28-29-22-20/h5-8,11-12,15-16,22,25,29H,4,9-10H2,1-3H3/t11-,12+,15+,16+/m0/s1. The fourth-order valence-electron chi connectivity index (χ4n) is 4.23. The average molecular weight is 416 g/mol. The molecule has 2 aliphatic heterocycles. The van der Waals surface area contributed by atoms with E-state index in [1.165, 1.54) is 4.90 Å². The van der Waals surface area contributed by atoms with Crippen molar-refractivity contribution in [1.29, 1.82) is 0 Å². The van der Waals surface area contributed by atoms with Crippen LogP contribution in [0.5, 0.6) is 0 Å².